The molecule has 0 radical (unpaired) electrons. The molecule has 4 heterocycles. The van der Waals surface area contributed by atoms with Crippen LogP contribution < -0.4 is 0 Å². The molecule has 1 spiro atoms. The van der Waals surface area contributed by atoms with Gasteiger partial charge in [0.05, 0.1) is 36.6 Å². The third-order valence-corrected chi connectivity index (χ3v) is 8.83. The van der Waals surface area contributed by atoms with Gasteiger partial charge in [0, 0.05) is 31.7 Å². The maximum absolute atomic E-state index is 14.2. The van der Waals surface area contributed by atoms with Gasteiger partial charge in [-0.25, -0.2) is 12.8 Å². The molecular formula is C20H24FN3O4S. The number of rotatable bonds is 3. The van der Waals surface area contributed by atoms with Gasteiger partial charge < -0.3 is 9.47 Å². The third-order valence-electron chi connectivity index (χ3n) is 6.91. The molecular weight excluding hydrogens is 397 g/mol. The number of hydrogen-bond acceptors (Lipinski definition) is 6. The highest BCUT2D eigenvalue weighted by molar-refractivity contribution is 7.89. The Morgan fingerprint density at radius 1 is 1.21 bits per heavy atom. The first-order chi connectivity index (χ1) is 13.9. The summed E-state index contributed by atoms with van der Waals surface area (Å²) in [6.45, 7) is 3.02. The zero-order chi connectivity index (χ0) is 20.2. The fraction of sp³-hybridized carbons (Fsp3) is 0.650. The molecule has 1 aromatic carbocycles. The van der Waals surface area contributed by atoms with Crippen molar-refractivity contribution in [3.05, 3.63) is 29.6 Å². The van der Waals surface area contributed by atoms with E-state index < -0.39 is 20.7 Å². The Balaban J connectivity index is 1.27. The van der Waals surface area contributed by atoms with Crippen molar-refractivity contribution in [1.29, 1.82) is 5.26 Å². The number of halogens is 1. The molecule has 4 saturated heterocycles. The van der Waals surface area contributed by atoms with Crippen molar-refractivity contribution in [3.8, 4) is 6.07 Å². The van der Waals surface area contributed by atoms with Crippen LogP contribution in [0.25, 0.3) is 0 Å². The number of hydrogen-bond donors (Lipinski definition) is 0. The Kier molecular flexibility index (Phi) is 4.68. The number of likely N-dealkylation sites (tertiary alicyclic amines) is 1. The molecule has 0 aliphatic carbocycles. The van der Waals surface area contributed by atoms with Crippen LogP contribution in [0.2, 0.25) is 0 Å². The highest BCUT2D eigenvalue weighted by Gasteiger charge is 2.50. The lowest BCUT2D eigenvalue weighted by molar-refractivity contribution is -0.0330. The quantitative estimate of drug-likeness (QED) is 0.735. The molecule has 1 aromatic rings. The Morgan fingerprint density at radius 2 is 2.00 bits per heavy atom. The normalized spacial score (nSPS) is 32.1. The molecule has 7 nitrogen and oxygen atoms in total. The molecule has 0 amide bonds. The molecule has 156 valence electrons. The van der Waals surface area contributed by atoms with E-state index in [9.17, 15) is 12.8 Å². The molecule has 2 bridgehead atoms. The van der Waals surface area contributed by atoms with Crippen LogP contribution in [-0.4, -0.2) is 74.3 Å². The molecule has 0 N–H and O–H groups in total. The molecule has 4 fully saturated rings. The van der Waals surface area contributed by atoms with Crippen molar-refractivity contribution >= 4 is 10.0 Å². The average molecular weight is 421 g/mol. The Hall–Kier alpha value is -1.57. The van der Waals surface area contributed by atoms with Gasteiger partial charge in [0.15, 0.2) is 0 Å². The lowest BCUT2D eigenvalue weighted by Crippen LogP contribution is -2.48. The van der Waals surface area contributed by atoms with Gasteiger partial charge in [-0.05, 0) is 43.9 Å². The number of morpholine rings is 1. The van der Waals surface area contributed by atoms with Crippen LogP contribution >= 0.6 is 0 Å². The zero-order valence-electron chi connectivity index (χ0n) is 16.1. The van der Waals surface area contributed by atoms with E-state index in [0.29, 0.717) is 50.7 Å². The van der Waals surface area contributed by atoms with E-state index in [4.69, 9.17) is 14.7 Å². The average Bonchev–Trinajstić information content (AvgIpc) is 3.45. The van der Waals surface area contributed by atoms with E-state index in [-0.39, 0.29) is 11.2 Å². The molecule has 29 heavy (non-hydrogen) atoms. The van der Waals surface area contributed by atoms with Gasteiger partial charge in [0.1, 0.15) is 10.7 Å². The predicted molar refractivity (Wildman–Crippen MR) is 101 cm³/mol. The largest absolute Gasteiger partial charge is 0.375 e. The van der Waals surface area contributed by atoms with Gasteiger partial charge in [0.2, 0.25) is 10.0 Å². The second-order valence-corrected chi connectivity index (χ2v) is 10.5. The molecule has 1 unspecified atom stereocenters. The first-order valence-electron chi connectivity index (χ1n) is 10.1. The van der Waals surface area contributed by atoms with Crippen molar-refractivity contribution in [2.75, 3.05) is 32.8 Å². The number of fused-ring (bicyclic) bond motifs is 2. The second-order valence-electron chi connectivity index (χ2n) is 8.55. The summed E-state index contributed by atoms with van der Waals surface area (Å²) >= 11 is 0. The molecule has 9 heteroatoms. The lowest BCUT2D eigenvalue weighted by Gasteiger charge is -2.38. The maximum Gasteiger partial charge on any atom is 0.246 e. The van der Waals surface area contributed by atoms with E-state index in [1.807, 2.05) is 6.07 Å². The van der Waals surface area contributed by atoms with Crippen molar-refractivity contribution in [3.63, 3.8) is 0 Å². The number of piperidine rings is 1. The van der Waals surface area contributed by atoms with Crippen molar-refractivity contribution in [2.24, 2.45) is 0 Å². The highest BCUT2D eigenvalue weighted by Crippen LogP contribution is 2.41. The summed E-state index contributed by atoms with van der Waals surface area (Å²) in [6, 6.07) is 6.15. The van der Waals surface area contributed by atoms with Crippen molar-refractivity contribution in [2.45, 2.75) is 54.4 Å². The van der Waals surface area contributed by atoms with E-state index in [1.54, 1.807) is 0 Å². The van der Waals surface area contributed by atoms with Crippen LogP contribution in [0.4, 0.5) is 4.39 Å². The summed E-state index contributed by atoms with van der Waals surface area (Å²) in [7, 11) is -3.98. The minimum Gasteiger partial charge on any atom is -0.375 e. The topological polar surface area (TPSA) is 82.9 Å². The SMILES string of the molecule is N#Cc1ccc(F)c(S(=O)(=O)N2CCC3(CC2)CC(N2C[C@H]4C[C@@H]2CO4)CO3)c1. The second kappa shape index (κ2) is 7.00. The molecule has 4 aliphatic rings. The summed E-state index contributed by atoms with van der Waals surface area (Å²) in [5.74, 6) is -0.826. The van der Waals surface area contributed by atoms with E-state index in [0.717, 1.165) is 38.1 Å². The fourth-order valence-electron chi connectivity index (χ4n) is 5.30. The summed E-state index contributed by atoms with van der Waals surface area (Å²) in [5, 5.41) is 9.01. The van der Waals surface area contributed by atoms with Crippen LogP contribution in [0.1, 0.15) is 31.2 Å². The minimum absolute atomic E-state index is 0.129. The Labute approximate surface area is 170 Å². The van der Waals surface area contributed by atoms with Crippen molar-refractivity contribution < 1.29 is 22.3 Å². The summed E-state index contributed by atoms with van der Waals surface area (Å²) in [5.41, 5.74) is -0.170. The van der Waals surface area contributed by atoms with Gasteiger partial charge in [-0.3, -0.25) is 4.90 Å². The van der Waals surface area contributed by atoms with Gasteiger partial charge in [-0.1, -0.05) is 0 Å². The van der Waals surface area contributed by atoms with E-state index >= 15 is 0 Å². The number of nitriles is 1. The fourth-order valence-corrected chi connectivity index (χ4v) is 6.83. The highest BCUT2D eigenvalue weighted by atomic mass is 32.2. The number of nitrogens with zero attached hydrogens (tertiary/aromatic N) is 3. The Morgan fingerprint density at radius 3 is 2.66 bits per heavy atom. The van der Waals surface area contributed by atoms with Crippen LogP contribution in [0.3, 0.4) is 0 Å². The van der Waals surface area contributed by atoms with E-state index in [2.05, 4.69) is 4.90 Å². The molecule has 4 aliphatic heterocycles. The van der Waals surface area contributed by atoms with E-state index in [1.165, 1.54) is 10.4 Å². The summed E-state index contributed by atoms with van der Waals surface area (Å²) in [4.78, 5) is 2.08. The first kappa shape index (κ1) is 19.4. The molecule has 0 aromatic heterocycles. The molecule has 0 saturated carbocycles. The molecule has 5 rings (SSSR count). The number of sulfonamides is 1. The first-order valence-corrected chi connectivity index (χ1v) is 11.6. The van der Waals surface area contributed by atoms with Crippen LogP contribution in [0.15, 0.2) is 23.1 Å². The zero-order valence-corrected chi connectivity index (χ0v) is 16.9. The smallest absolute Gasteiger partial charge is 0.246 e. The van der Waals surface area contributed by atoms with Gasteiger partial charge >= 0.3 is 0 Å². The monoisotopic (exact) mass is 421 g/mol. The minimum atomic E-state index is -3.98. The van der Waals surface area contributed by atoms with Gasteiger partial charge in [-0.2, -0.15) is 9.57 Å². The lowest BCUT2D eigenvalue weighted by atomic mass is 9.88. The van der Waals surface area contributed by atoms with Crippen LogP contribution in [0, 0.1) is 17.1 Å². The maximum atomic E-state index is 14.2. The number of ether oxygens (including phenoxy) is 2. The summed E-state index contributed by atoms with van der Waals surface area (Å²) in [6.07, 6.45) is 3.55. The van der Waals surface area contributed by atoms with Crippen LogP contribution in [0.5, 0.6) is 0 Å². The van der Waals surface area contributed by atoms with Crippen molar-refractivity contribution in [1.82, 2.24) is 9.21 Å². The number of benzene rings is 1. The van der Waals surface area contributed by atoms with Gasteiger partial charge in [-0.15, -0.1) is 0 Å². The van der Waals surface area contributed by atoms with Gasteiger partial charge in [0.25, 0.3) is 0 Å². The molecule has 3 atom stereocenters. The summed E-state index contributed by atoms with van der Waals surface area (Å²) < 4.78 is 53.3. The van der Waals surface area contributed by atoms with Crippen LogP contribution in [-0.2, 0) is 19.5 Å². The third kappa shape index (κ3) is 3.27. The Bertz CT molecular complexity index is 955. The standard InChI is InChI=1S/C20H24FN3O4S/c21-18-2-1-14(10-22)7-19(18)29(25,26)23-5-3-20(4-6-23)9-16(13-28-20)24-11-17-8-15(24)12-27-17/h1-2,7,15-17H,3-6,8-9,11-13H2/t15-,16?,17-/m1/s1. The predicted octanol–water partition coefficient (Wildman–Crippen LogP) is 1.48.